The molecule has 1 aliphatic carbocycles. The second-order valence-corrected chi connectivity index (χ2v) is 20.9. The molecule has 2 nitrogen and oxygen atoms in total. The lowest BCUT2D eigenvalue weighted by molar-refractivity contribution is 0.770. The molecule has 12 aromatic rings. The first-order valence-corrected chi connectivity index (χ1v) is 26.5. The first-order valence-electron chi connectivity index (χ1n) is 25.7. The third-order valence-corrected chi connectivity index (χ3v) is 16.8. The SMILES string of the molecule is Cc1ccc(N(c2ccc(-c3ccccc3)cc2)c2cccc3c2sc2cc4c(c(N(c5ccc(-c6ccccc6)cc5)c5ccc(C)c(C)c5)c23)-c2ccccc2C4(c2ccccc2)c2ccccc2)cc1C. The Morgan fingerprint density at radius 1 is 0.351 bits per heavy atom. The molecule has 74 heavy (non-hydrogen) atoms. The normalized spacial score (nSPS) is 12.4. The van der Waals surface area contributed by atoms with Crippen LogP contribution in [0.2, 0.25) is 0 Å². The van der Waals surface area contributed by atoms with Crippen LogP contribution in [0.1, 0.15) is 44.5 Å². The Balaban J connectivity index is 1.16. The van der Waals surface area contributed by atoms with Gasteiger partial charge in [-0.25, -0.2) is 0 Å². The molecular formula is C71H54N2S. The fourth-order valence-electron chi connectivity index (χ4n) is 11.7. The second kappa shape index (κ2) is 18.4. The molecule has 354 valence electrons. The molecule has 0 fully saturated rings. The average molecular weight is 967 g/mol. The van der Waals surface area contributed by atoms with Gasteiger partial charge in [-0.2, -0.15) is 0 Å². The summed E-state index contributed by atoms with van der Waals surface area (Å²) in [7, 11) is 0. The molecule has 3 heteroatoms. The van der Waals surface area contributed by atoms with Gasteiger partial charge in [-0.3, -0.25) is 0 Å². The molecule has 0 radical (unpaired) electrons. The quantitative estimate of drug-likeness (QED) is 0.135. The molecule has 0 amide bonds. The lowest BCUT2D eigenvalue weighted by atomic mass is 9.67. The highest BCUT2D eigenvalue weighted by molar-refractivity contribution is 7.26. The smallest absolute Gasteiger partial charge is 0.0714 e. The Labute approximate surface area is 438 Å². The van der Waals surface area contributed by atoms with Gasteiger partial charge in [0.2, 0.25) is 0 Å². The number of nitrogens with zero attached hydrogens (tertiary/aromatic N) is 2. The van der Waals surface area contributed by atoms with E-state index in [9.17, 15) is 0 Å². The Morgan fingerprint density at radius 2 is 0.811 bits per heavy atom. The average Bonchev–Trinajstić information content (AvgIpc) is 4.01. The minimum Gasteiger partial charge on any atom is -0.309 e. The zero-order chi connectivity index (χ0) is 49.9. The summed E-state index contributed by atoms with van der Waals surface area (Å²) in [5.74, 6) is 0. The summed E-state index contributed by atoms with van der Waals surface area (Å²) in [6.07, 6.45) is 0. The van der Waals surface area contributed by atoms with Crippen LogP contribution in [0.5, 0.6) is 0 Å². The van der Waals surface area contributed by atoms with Crippen molar-refractivity contribution in [3.8, 4) is 33.4 Å². The molecule has 1 heterocycles. The maximum atomic E-state index is 2.58. The molecule has 0 saturated carbocycles. The fraction of sp³-hybridized carbons (Fsp3) is 0.0704. The van der Waals surface area contributed by atoms with Gasteiger partial charge in [-0.1, -0.05) is 194 Å². The number of fused-ring (bicyclic) bond motifs is 6. The fourth-order valence-corrected chi connectivity index (χ4v) is 12.9. The standard InChI is InChI=1S/C71H54N2S/c1-47-32-38-59(44-49(47)3)72(57-40-34-53(35-41-57)51-20-9-5-10-21-51)65-31-19-29-62-68-66(74-70(62)65)46-64-67(61-28-17-18-30-63(61)71(64,55-24-13-7-14-25-55)56-26-15-8-16-27-56)69(68)73(60-39-33-48(2)50(4)45-60)58-42-36-54(37-43-58)52-22-11-6-12-23-52/h5-46H,1-4H3. The van der Waals surface area contributed by atoms with Crippen molar-refractivity contribution in [3.63, 3.8) is 0 Å². The van der Waals surface area contributed by atoms with Gasteiger partial charge in [-0.15, -0.1) is 11.3 Å². The lowest BCUT2D eigenvalue weighted by Crippen LogP contribution is -2.28. The molecule has 13 rings (SSSR count). The predicted molar refractivity (Wildman–Crippen MR) is 316 cm³/mol. The van der Waals surface area contributed by atoms with E-state index in [0.29, 0.717) is 0 Å². The Bertz CT molecular complexity index is 3990. The van der Waals surface area contributed by atoms with Crippen LogP contribution in [-0.4, -0.2) is 0 Å². The van der Waals surface area contributed by atoms with Gasteiger partial charge in [0.15, 0.2) is 0 Å². The van der Waals surface area contributed by atoms with Crippen molar-refractivity contribution in [2.45, 2.75) is 33.1 Å². The lowest BCUT2D eigenvalue weighted by Gasteiger charge is -2.35. The summed E-state index contributed by atoms with van der Waals surface area (Å²) in [6.45, 7) is 8.88. The Hall–Kier alpha value is -8.76. The Morgan fingerprint density at radius 3 is 1.35 bits per heavy atom. The summed E-state index contributed by atoms with van der Waals surface area (Å²) in [4.78, 5) is 5.05. The molecule has 1 aliphatic rings. The second-order valence-electron chi connectivity index (χ2n) is 19.8. The van der Waals surface area contributed by atoms with E-state index in [-0.39, 0.29) is 0 Å². The van der Waals surface area contributed by atoms with Crippen LogP contribution >= 0.6 is 11.3 Å². The van der Waals surface area contributed by atoms with Crippen LogP contribution in [0.4, 0.5) is 34.1 Å². The van der Waals surface area contributed by atoms with E-state index in [0.717, 1.165) is 28.4 Å². The predicted octanol–water partition coefficient (Wildman–Crippen LogP) is 19.9. The molecule has 0 N–H and O–H groups in total. The molecule has 0 bridgehead atoms. The maximum Gasteiger partial charge on any atom is 0.0714 e. The first-order chi connectivity index (χ1) is 36.4. The van der Waals surface area contributed by atoms with Crippen LogP contribution in [-0.2, 0) is 5.41 Å². The zero-order valence-electron chi connectivity index (χ0n) is 42.1. The van der Waals surface area contributed by atoms with Crippen molar-refractivity contribution in [1.82, 2.24) is 0 Å². The van der Waals surface area contributed by atoms with Crippen LogP contribution in [0.25, 0.3) is 53.6 Å². The van der Waals surface area contributed by atoms with E-state index in [2.05, 4.69) is 292 Å². The zero-order valence-corrected chi connectivity index (χ0v) is 42.9. The van der Waals surface area contributed by atoms with Gasteiger partial charge in [-0.05, 0) is 161 Å². The van der Waals surface area contributed by atoms with Gasteiger partial charge in [0, 0.05) is 43.8 Å². The molecule has 0 unspecified atom stereocenters. The molecule has 1 aromatic heterocycles. The number of anilines is 6. The maximum absolute atomic E-state index is 2.58. The molecule has 0 atom stereocenters. The van der Waals surface area contributed by atoms with Crippen molar-refractivity contribution in [2.75, 3.05) is 9.80 Å². The van der Waals surface area contributed by atoms with E-state index in [1.165, 1.54) is 104 Å². The monoisotopic (exact) mass is 966 g/mol. The minimum atomic E-state index is -0.617. The van der Waals surface area contributed by atoms with Crippen molar-refractivity contribution < 1.29 is 0 Å². The van der Waals surface area contributed by atoms with Crippen LogP contribution in [0, 0.1) is 27.7 Å². The molecular weight excluding hydrogens is 913 g/mol. The number of hydrogen-bond donors (Lipinski definition) is 0. The van der Waals surface area contributed by atoms with Crippen molar-refractivity contribution in [2.24, 2.45) is 0 Å². The van der Waals surface area contributed by atoms with E-state index in [4.69, 9.17) is 0 Å². The molecule has 0 saturated heterocycles. The first kappa shape index (κ1) is 45.1. The van der Waals surface area contributed by atoms with Crippen LogP contribution in [0.15, 0.2) is 255 Å². The highest BCUT2D eigenvalue weighted by Gasteiger charge is 2.48. The van der Waals surface area contributed by atoms with Gasteiger partial charge >= 0.3 is 0 Å². The summed E-state index contributed by atoms with van der Waals surface area (Å²) in [6, 6.07) is 94.8. The van der Waals surface area contributed by atoms with Crippen LogP contribution < -0.4 is 9.80 Å². The van der Waals surface area contributed by atoms with E-state index in [1.54, 1.807) is 0 Å². The molecule has 0 aliphatic heterocycles. The minimum absolute atomic E-state index is 0.617. The van der Waals surface area contributed by atoms with E-state index < -0.39 is 5.41 Å². The summed E-state index contributed by atoms with van der Waals surface area (Å²) in [5.41, 5.74) is 23.6. The summed E-state index contributed by atoms with van der Waals surface area (Å²) < 4.78 is 2.47. The highest BCUT2D eigenvalue weighted by Crippen LogP contribution is 2.63. The van der Waals surface area contributed by atoms with Gasteiger partial charge in [0.25, 0.3) is 0 Å². The number of aryl methyl sites for hydroxylation is 4. The third-order valence-electron chi connectivity index (χ3n) is 15.6. The number of hydrogen-bond acceptors (Lipinski definition) is 3. The van der Waals surface area contributed by atoms with Crippen LogP contribution in [0.3, 0.4) is 0 Å². The van der Waals surface area contributed by atoms with Crippen molar-refractivity contribution in [1.29, 1.82) is 0 Å². The van der Waals surface area contributed by atoms with Gasteiger partial charge in [0.05, 0.1) is 21.5 Å². The highest BCUT2D eigenvalue weighted by atomic mass is 32.1. The summed E-state index contributed by atoms with van der Waals surface area (Å²) in [5, 5.41) is 2.46. The van der Waals surface area contributed by atoms with E-state index >= 15 is 0 Å². The van der Waals surface area contributed by atoms with Crippen molar-refractivity contribution in [3.05, 3.63) is 299 Å². The number of benzene rings is 11. The number of rotatable bonds is 10. The molecule has 0 spiro atoms. The third kappa shape index (κ3) is 7.38. The van der Waals surface area contributed by atoms with Gasteiger partial charge in [0.1, 0.15) is 0 Å². The Kier molecular flexibility index (Phi) is 11.2. The molecule has 11 aromatic carbocycles. The topological polar surface area (TPSA) is 6.48 Å². The largest absolute Gasteiger partial charge is 0.309 e. The van der Waals surface area contributed by atoms with Crippen molar-refractivity contribution >= 4 is 65.6 Å². The van der Waals surface area contributed by atoms with Gasteiger partial charge < -0.3 is 9.80 Å². The summed E-state index contributed by atoms with van der Waals surface area (Å²) >= 11 is 1.91. The number of thiophene rings is 1. The van der Waals surface area contributed by atoms with E-state index in [1.807, 2.05) is 11.3 Å².